The predicted octanol–water partition coefficient (Wildman–Crippen LogP) is 0.527. The Balaban J connectivity index is 2.18. The first-order valence-electron chi connectivity index (χ1n) is 6.33. The van der Waals surface area contributed by atoms with Gasteiger partial charge in [0.2, 0.25) is 0 Å². The number of pyridine rings is 1. The lowest BCUT2D eigenvalue weighted by molar-refractivity contribution is 0.0503. The topological polar surface area (TPSA) is 79.5 Å². The second-order valence-electron chi connectivity index (χ2n) is 4.57. The van der Waals surface area contributed by atoms with Crippen LogP contribution in [0.3, 0.4) is 0 Å². The lowest BCUT2D eigenvalue weighted by atomic mass is 10.0. The Hall–Kier alpha value is -1.46. The molecule has 0 aromatic carbocycles. The Morgan fingerprint density at radius 2 is 2.39 bits per heavy atom. The molecule has 1 aliphatic heterocycles. The first-order chi connectivity index (χ1) is 8.76. The van der Waals surface area contributed by atoms with E-state index in [1.165, 1.54) is 0 Å². The quantitative estimate of drug-likeness (QED) is 0.819. The molecule has 1 fully saturated rings. The smallest absolute Gasteiger partial charge is 0.254 e. The number of aliphatic hydroxyl groups is 1. The highest BCUT2D eigenvalue weighted by Gasteiger charge is 2.26. The molecule has 98 valence electrons. The van der Waals surface area contributed by atoms with Crippen molar-refractivity contribution in [1.29, 1.82) is 0 Å². The molecule has 1 aromatic heterocycles. The molecular weight excluding hydrogens is 230 g/mol. The van der Waals surface area contributed by atoms with Gasteiger partial charge >= 0.3 is 0 Å². The third kappa shape index (κ3) is 2.68. The molecule has 5 heteroatoms. The fourth-order valence-corrected chi connectivity index (χ4v) is 2.35. The Labute approximate surface area is 107 Å². The molecule has 2 heterocycles. The minimum Gasteiger partial charge on any atom is -0.394 e. The van der Waals surface area contributed by atoms with Crippen LogP contribution < -0.4 is 5.73 Å². The largest absolute Gasteiger partial charge is 0.394 e. The third-order valence-electron chi connectivity index (χ3n) is 3.37. The zero-order valence-corrected chi connectivity index (χ0v) is 10.4. The van der Waals surface area contributed by atoms with E-state index in [2.05, 4.69) is 4.98 Å². The SMILES string of the molecule is NCc1cc(C(=O)N2CCCCC2CO)ccn1. The van der Waals surface area contributed by atoms with Crippen LogP contribution in [0.5, 0.6) is 0 Å². The number of carbonyl (C=O) groups is 1. The minimum absolute atomic E-state index is 0.0283. The molecule has 1 aliphatic rings. The van der Waals surface area contributed by atoms with Crippen LogP contribution in [0.25, 0.3) is 0 Å². The number of nitrogens with zero attached hydrogens (tertiary/aromatic N) is 2. The number of hydrogen-bond acceptors (Lipinski definition) is 4. The second kappa shape index (κ2) is 5.93. The number of amides is 1. The van der Waals surface area contributed by atoms with Crippen LogP contribution in [0.2, 0.25) is 0 Å². The maximum absolute atomic E-state index is 12.4. The Morgan fingerprint density at radius 3 is 3.11 bits per heavy atom. The summed E-state index contributed by atoms with van der Waals surface area (Å²) in [6, 6.07) is 3.37. The summed E-state index contributed by atoms with van der Waals surface area (Å²) in [4.78, 5) is 18.2. The van der Waals surface area contributed by atoms with Gasteiger partial charge in [-0.1, -0.05) is 0 Å². The monoisotopic (exact) mass is 249 g/mol. The first-order valence-corrected chi connectivity index (χ1v) is 6.33. The lowest BCUT2D eigenvalue weighted by Crippen LogP contribution is -2.45. The zero-order valence-electron chi connectivity index (χ0n) is 10.4. The summed E-state index contributed by atoms with van der Waals surface area (Å²) in [6.07, 6.45) is 4.54. The molecular formula is C13H19N3O2. The summed E-state index contributed by atoms with van der Waals surface area (Å²) in [5.74, 6) is -0.0362. The van der Waals surface area contributed by atoms with Crippen molar-refractivity contribution >= 4 is 5.91 Å². The number of aromatic nitrogens is 1. The highest BCUT2D eigenvalue weighted by Crippen LogP contribution is 2.19. The molecule has 0 aliphatic carbocycles. The van der Waals surface area contributed by atoms with E-state index in [1.807, 2.05) is 0 Å². The second-order valence-corrected chi connectivity index (χ2v) is 4.57. The van der Waals surface area contributed by atoms with Gasteiger partial charge in [-0.2, -0.15) is 0 Å². The van der Waals surface area contributed by atoms with Gasteiger partial charge in [0, 0.05) is 24.8 Å². The Kier molecular flexibility index (Phi) is 4.28. The summed E-state index contributed by atoms with van der Waals surface area (Å²) < 4.78 is 0. The molecule has 0 saturated carbocycles. The lowest BCUT2D eigenvalue weighted by Gasteiger charge is -2.34. The van der Waals surface area contributed by atoms with E-state index < -0.39 is 0 Å². The van der Waals surface area contributed by atoms with E-state index in [-0.39, 0.29) is 18.6 Å². The summed E-state index contributed by atoms with van der Waals surface area (Å²) in [5, 5.41) is 9.33. The average Bonchev–Trinajstić information content (AvgIpc) is 2.46. The molecule has 1 aromatic rings. The molecule has 18 heavy (non-hydrogen) atoms. The maximum atomic E-state index is 12.4. The van der Waals surface area contributed by atoms with Crippen molar-refractivity contribution < 1.29 is 9.90 Å². The molecule has 2 rings (SSSR count). The molecule has 1 amide bonds. The number of hydrogen-bond donors (Lipinski definition) is 2. The van der Waals surface area contributed by atoms with Crippen LogP contribution in [0.15, 0.2) is 18.3 Å². The number of likely N-dealkylation sites (tertiary alicyclic amines) is 1. The van der Waals surface area contributed by atoms with Crippen LogP contribution in [0, 0.1) is 0 Å². The van der Waals surface area contributed by atoms with Gasteiger partial charge in [0.1, 0.15) is 0 Å². The normalized spacial score (nSPS) is 19.9. The van der Waals surface area contributed by atoms with Gasteiger partial charge in [0.15, 0.2) is 0 Å². The van der Waals surface area contributed by atoms with E-state index in [0.29, 0.717) is 24.3 Å². The molecule has 1 atom stereocenters. The number of nitrogens with two attached hydrogens (primary N) is 1. The molecule has 3 N–H and O–H groups in total. The standard InChI is InChI=1S/C13H19N3O2/c14-8-11-7-10(4-5-15-11)13(18)16-6-2-1-3-12(16)9-17/h4-5,7,12,17H,1-3,6,8-9,14H2. The van der Waals surface area contributed by atoms with Crippen molar-refractivity contribution in [2.24, 2.45) is 5.73 Å². The van der Waals surface area contributed by atoms with Gasteiger partial charge in [0.25, 0.3) is 5.91 Å². The first kappa shape index (κ1) is 13.0. The molecule has 0 radical (unpaired) electrons. The number of piperidine rings is 1. The summed E-state index contributed by atoms with van der Waals surface area (Å²) in [7, 11) is 0. The van der Waals surface area contributed by atoms with E-state index in [9.17, 15) is 9.90 Å². The summed E-state index contributed by atoms with van der Waals surface area (Å²) in [5.41, 5.74) is 6.83. The van der Waals surface area contributed by atoms with Gasteiger partial charge in [-0.15, -0.1) is 0 Å². The van der Waals surface area contributed by atoms with E-state index in [1.54, 1.807) is 23.2 Å². The van der Waals surface area contributed by atoms with Crippen LogP contribution in [-0.2, 0) is 6.54 Å². The summed E-state index contributed by atoms with van der Waals surface area (Å²) in [6.45, 7) is 1.06. The fourth-order valence-electron chi connectivity index (χ4n) is 2.35. The molecule has 1 saturated heterocycles. The van der Waals surface area contributed by atoms with Crippen molar-refractivity contribution in [3.63, 3.8) is 0 Å². The van der Waals surface area contributed by atoms with E-state index in [4.69, 9.17) is 5.73 Å². The molecule has 1 unspecified atom stereocenters. The van der Waals surface area contributed by atoms with Crippen molar-refractivity contribution in [2.75, 3.05) is 13.2 Å². The third-order valence-corrected chi connectivity index (χ3v) is 3.37. The Morgan fingerprint density at radius 1 is 1.56 bits per heavy atom. The van der Waals surface area contributed by atoms with Gasteiger partial charge < -0.3 is 15.7 Å². The van der Waals surface area contributed by atoms with Crippen molar-refractivity contribution in [3.8, 4) is 0 Å². The van der Waals surface area contributed by atoms with Crippen molar-refractivity contribution in [2.45, 2.75) is 31.8 Å². The van der Waals surface area contributed by atoms with E-state index >= 15 is 0 Å². The number of carbonyl (C=O) groups excluding carboxylic acids is 1. The predicted molar refractivity (Wildman–Crippen MR) is 67.9 cm³/mol. The van der Waals surface area contributed by atoms with Crippen LogP contribution in [0.1, 0.15) is 35.3 Å². The van der Waals surface area contributed by atoms with Crippen molar-refractivity contribution in [1.82, 2.24) is 9.88 Å². The van der Waals surface area contributed by atoms with Crippen LogP contribution >= 0.6 is 0 Å². The van der Waals surface area contributed by atoms with Gasteiger partial charge in [-0.3, -0.25) is 9.78 Å². The maximum Gasteiger partial charge on any atom is 0.254 e. The van der Waals surface area contributed by atoms with Crippen molar-refractivity contribution in [3.05, 3.63) is 29.6 Å². The molecule has 0 spiro atoms. The van der Waals surface area contributed by atoms with Crippen LogP contribution in [-0.4, -0.2) is 40.1 Å². The number of rotatable bonds is 3. The minimum atomic E-state index is -0.0549. The summed E-state index contributed by atoms with van der Waals surface area (Å²) >= 11 is 0. The Bertz CT molecular complexity index is 422. The molecule has 5 nitrogen and oxygen atoms in total. The van der Waals surface area contributed by atoms with Crippen LogP contribution in [0.4, 0.5) is 0 Å². The van der Waals surface area contributed by atoms with Gasteiger partial charge in [0.05, 0.1) is 18.3 Å². The highest BCUT2D eigenvalue weighted by molar-refractivity contribution is 5.94. The van der Waals surface area contributed by atoms with Gasteiger partial charge in [-0.25, -0.2) is 0 Å². The number of aliphatic hydroxyl groups excluding tert-OH is 1. The zero-order chi connectivity index (χ0) is 13.0. The average molecular weight is 249 g/mol. The van der Waals surface area contributed by atoms with E-state index in [0.717, 1.165) is 19.3 Å². The van der Waals surface area contributed by atoms with Gasteiger partial charge in [-0.05, 0) is 31.4 Å². The highest BCUT2D eigenvalue weighted by atomic mass is 16.3. The fraction of sp³-hybridized carbons (Fsp3) is 0.538. The molecule has 0 bridgehead atoms.